The van der Waals surface area contributed by atoms with Crippen molar-refractivity contribution in [2.24, 2.45) is 0 Å². The third kappa shape index (κ3) is 2.96. The fraction of sp³-hybridized carbons (Fsp3) is 0.235. The van der Waals surface area contributed by atoms with Crippen molar-refractivity contribution in [3.63, 3.8) is 0 Å². The van der Waals surface area contributed by atoms with Crippen LogP contribution in [0, 0.1) is 0 Å². The highest BCUT2D eigenvalue weighted by Crippen LogP contribution is 2.25. The molecule has 3 nitrogen and oxygen atoms in total. The number of fused-ring (bicyclic) bond motifs is 1. The first-order chi connectivity index (χ1) is 10.3. The van der Waals surface area contributed by atoms with E-state index in [0.717, 1.165) is 35.7 Å². The normalized spacial score (nSPS) is 13.6. The Morgan fingerprint density at radius 2 is 2.05 bits per heavy atom. The lowest BCUT2D eigenvalue weighted by atomic mass is 9.99. The number of thioether (sulfide) groups is 1. The van der Waals surface area contributed by atoms with Crippen LogP contribution in [0.4, 0.5) is 5.69 Å². The molecule has 0 unspecified atom stereocenters. The predicted octanol–water partition coefficient (Wildman–Crippen LogP) is 3.31. The summed E-state index contributed by atoms with van der Waals surface area (Å²) in [4.78, 5) is 13.5. The van der Waals surface area contributed by atoms with Crippen molar-refractivity contribution in [1.29, 1.82) is 0 Å². The molecule has 2 aromatic rings. The van der Waals surface area contributed by atoms with Gasteiger partial charge in [-0.3, -0.25) is 4.79 Å². The molecule has 1 aliphatic heterocycles. The summed E-state index contributed by atoms with van der Waals surface area (Å²) < 4.78 is 0. The molecule has 0 aromatic heterocycles. The van der Waals surface area contributed by atoms with Gasteiger partial charge in [0.05, 0.1) is 5.56 Å². The van der Waals surface area contributed by atoms with Crippen molar-refractivity contribution in [3.05, 3.63) is 59.2 Å². The molecule has 2 N–H and O–H groups in total. The SMILES string of the molecule is CSc1ccccc1C(=O)Nc1cccc2c1CNCC2. The Bertz CT molecular complexity index is 670. The van der Waals surface area contributed by atoms with E-state index in [1.807, 2.05) is 42.7 Å². The minimum absolute atomic E-state index is 0.0427. The van der Waals surface area contributed by atoms with E-state index in [9.17, 15) is 4.79 Å². The fourth-order valence-corrected chi connectivity index (χ4v) is 3.25. The Hall–Kier alpha value is -1.78. The molecule has 0 aliphatic carbocycles. The highest BCUT2D eigenvalue weighted by atomic mass is 32.2. The molecule has 21 heavy (non-hydrogen) atoms. The molecule has 0 fully saturated rings. The van der Waals surface area contributed by atoms with Gasteiger partial charge in [-0.25, -0.2) is 0 Å². The van der Waals surface area contributed by atoms with Gasteiger partial charge in [-0.2, -0.15) is 0 Å². The number of hydrogen-bond donors (Lipinski definition) is 2. The van der Waals surface area contributed by atoms with Crippen LogP contribution in [-0.4, -0.2) is 18.7 Å². The summed E-state index contributed by atoms with van der Waals surface area (Å²) in [5.74, 6) is -0.0427. The molecule has 0 saturated heterocycles. The minimum Gasteiger partial charge on any atom is -0.322 e. The Labute approximate surface area is 129 Å². The summed E-state index contributed by atoms with van der Waals surface area (Å²) >= 11 is 1.59. The van der Waals surface area contributed by atoms with E-state index in [4.69, 9.17) is 0 Å². The van der Waals surface area contributed by atoms with Crippen LogP contribution >= 0.6 is 11.8 Å². The smallest absolute Gasteiger partial charge is 0.256 e. The van der Waals surface area contributed by atoms with Crippen LogP contribution in [0.2, 0.25) is 0 Å². The number of carbonyl (C=O) groups excluding carboxylic acids is 1. The largest absolute Gasteiger partial charge is 0.322 e. The summed E-state index contributed by atoms with van der Waals surface area (Å²) in [6.07, 6.45) is 3.00. The molecule has 0 atom stereocenters. The highest BCUT2D eigenvalue weighted by molar-refractivity contribution is 7.98. The topological polar surface area (TPSA) is 41.1 Å². The first-order valence-electron chi connectivity index (χ1n) is 7.05. The number of rotatable bonds is 3. The first kappa shape index (κ1) is 14.2. The third-order valence-corrected chi connectivity index (χ3v) is 4.54. The van der Waals surface area contributed by atoms with Crippen LogP contribution in [0.15, 0.2) is 47.4 Å². The van der Waals surface area contributed by atoms with E-state index in [1.54, 1.807) is 11.8 Å². The quantitative estimate of drug-likeness (QED) is 0.854. The van der Waals surface area contributed by atoms with Crippen molar-refractivity contribution in [2.75, 3.05) is 18.1 Å². The van der Waals surface area contributed by atoms with Gasteiger partial charge in [0, 0.05) is 17.1 Å². The Morgan fingerprint density at radius 3 is 2.90 bits per heavy atom. The van der Waals surface area contributed by atoms with Crippen molar-refractivity contribution >= 4 is 23.4 Å². The summed E-state index contributed by atoms with van der Waals surface area (Å²) in [6.45, 7) is 1.82. The Morgan fingerprint density at radius 1 is 1.19 bits per heavy atom. The average molecular weight is 298 g/mol. The Balaban J connectivity index is 1.88. The van der Waals surface area contributed by atoms with E-state index in [0.29, 0.717) is 0 Å². The Kier molecular flexibility index (Phi) is 4.27. The maximum absolute atomic E-state index is 12.5. The molecule has 2 aromatic carbocycles. The van der Waals surface area contributed by atoms with Gasteiger partial charge in [0.25, 0.3) is 5.91 Å². The van der Waals surface area contributed by atoms with Crippen LogP contribution in [0.1, 0.15) is 21.5 Å². The van der Waals surface area contributed by atoms with Crippen LogP contribution < -0.4 is 10.6 Å². The lowest BCUT2D eigenvalue weighted by Crippen LogP contribution is -2.25. The van der Waals surface area contributed by atoms with Crippen molar-refractivity contribution in [3.8, 4) is 0 Å². The number of anilines is 1. The highest BCUT2D eigenvalue weighted by Gasteiger charge is 2.16. The van der Waals surface area contributed by atoms with Crippen LogP contribution in [0.5, 0.6) is 0 Å². The predicted molar refractivity (Wildman–Crippen MR) is 88.0 cm³/mol. The van der Waals surface area contributed by atoms with Crippen molar-refractivity contribution < 1.29 is 4.79 Å². The minimum atomic E-state index is -0.0427. The van der Waals surface area contributed by atoms with Crippen LogP contribution in [0.3, 0.4) is 0 Å². The van der Waals surface area contributed by atoms with Gasteiger partial charge in [0.1, 0.15) is 0 Å². The number of nitrogens with one attached hydrogen (secondary N) is 2. The zero-order valence-corrected chi connectivity index (χ0v) is 12.8. The maximum atomic E-state index is 12.5. The van der Waals surface area contributed by atoms with Gasteiger partial charge >= 0.3 is 0 Å². The molecular formula is C17H18N2OS. The monoisotopic (exact) mass is 298 g/mol. The fourth-order valence-electron chi connectivity index (χ4n) is 2.65. The van der Waals surface area contributed by atoms with E-state index in [-0.39, 0.29) is 5.91 Å². The van der Waals surface area contributed by atoms with Gasteiger partial charge in [0.15, 0.2) is 0 Å². The van der Waals surface area contributed by atoms with Gasteiger partial charge < -0.3 is 10.6 Å². The number of amides is 1. The average Bonchev–Trinajstić information content (AvgIpc) is 2.55. The van der Waals surface area contributed by atoms with Gasteiger partial charge in [0.2, 0.25) is 0 Å². The van der Waals surface area contributed by atoms with Crippen LogP contribution in [-0.2, 0) is 13.0 Å². The van der Waals surface area contributed by atoms with E-state index < -0.39 is 0 Å². The van der Waals surface area contributed by atoms with Crippen molar-refractivity contribution in [2.45, 2.75) is 17.9 Å². The molecule has 3 rings (SSSR count). The molecule has 108 valence electrons. The van der Waals surface area contributed by atoms with Gasteiger partial charge in [-0.1, -0.05) is 24.3 Å². The molecule has 0 bridgehead atoms. The van der Waals surface area contributed by atoms with Crippen molar-refractivity contribution in [1.82, 2.24) is 5.32 Å². The lowest BCUT2D eigenvalue weighted by Gasteiger charge is -2.20. The molecule has 0 saturated carbocycles. The maximum Gasteiger partial charge on any atom is 0.256 e. The van der Waals surface area contributed by atoms with E-state index >= 15 is 0 Å². The molecular weight excluding hydrogens is 280 g/mol. The second kappa shape index (κ2) is 6.33. The van der Waals surface area contributed by atoms with Crippen LogP contribution in [0.25, 0.3) is 0 Å². The van der Waals surface area contributed by atoms with Gasteiger partial charge in [-0.05, 0) is 48.5 Å². The zero-order valence-electron chi connectivity index (χ0n) is 12.0. The summed E-state index contributed by atoms with van der Waals surface area (Å²) in [5, 5.41) is 6.43. The lowest BCUT2D eigenvalue weighted by molar-refractivity contribution is 0.102. The molecule has 1 aliphatic rings. The molecule has 1 heterocycles. The standard InChI is InChI=1S/C17H18N2OS/c1-21-16-8-3-2-6-13(16)17(20)19-15-7-4-5-12-9-10-18-11-14(12)15/h2-8,18H,9-11H2,1H3,(H,19,20). The number of hydrogen-bond acceptors (Lipinski definition) is 3. The van der Waals surface area contributed by atoms with E-state index in [1.165, 1.54) is 11.1 Å². The molecule has 4 heteroatoms. The number of carbonyl (C=O) groups is 1. The second-order valence-electron chi connectivity index (χ2n) is 5.02. The summed E-state index contributed by atoms with van der Waals surface area (Å²) in [7, 11) is 0. The zero-order chi connectivity index (χ0) is 14.7. The first-order valence-corrected chi connectivity index (χ1v) is 8.28. The molecule has 1 amide bonds. The second-order valence-corrected chi connectivity index (χ2v) is 5.87. The third-order valence-electron chi connectivity index (χ3n) is 3.75. The van der Waals surface area contributed by atoms with E-state index in [2.05, 4.69) is 16.7 Å². The van der Waals surface area contributed by atoms with Gasteiger partial charge in [-0.15, -0.1) is 11.8 Å². The number of benzene rings is 2. The summed E-state index contributed by atoms with van der Waals surface area (Å²) in [5.41, 5.74) is 4.18. The summed E-state index contributed by atoms with van der Waals surface area (Å²) in [6, 6.07) is 13.8. The molecule has 0 spiro atoms. The molecule has 0 radical (unpaired) electrons.